The van der Waals surface area contributed by atoms with Crippen LogP contribution in [0.15, 0.2) is 77.9 Å². The van der Waals surface area contributed by atoms with Gasteiger partial charge >= 0.3 is 29.6 Å². The Morgan fingerprint density at radius 2 is 1.93 bits per heavy atom. The molecular formula is C35H36ClFNNaO3S. The van der Waals surface area contributed by atoms with Crippen molar-refractivity contribution in [3.63, 3.8) is 0 Å². The molecule has 0 amide bonds. The van der Waals surface area contributed by atoms with E-state index in [0.29, 0.717) is 10.8 Å². The van der Waals surface area contributed by atoms with E-state index in [0.717, 1.165) is 64.6 Å². The smallest absolute Gasteiger partial charge is 0.550 e. The molecule has 0 spiro atoms. The number of carboxylic acid groups (broad SMARTS) is 1. The molecule has 2 aromatic carbocycles. The number of hydrogen-bond acceptors (Lipinski definition) is 5. The maximum absolute atomic E-state index is 14.4. The Kier molecular flexibility index (Phi) is 11.4. The first-order valence-electron chi connectivity index (χ1n) is 14.4. The number of nitrogens with zero attached hydrogens (tertiary/aromatic N) is 1. The second-order valence-electron chi connectivity index (χ2n) is 12.0. The van der Waals surface area contributed by atoms with Gasteiger partial charge in [-0.1, -0.05) is 66.2 Å². The van der Waals surface area contributed by atoms with E-state index in [4.69, 9.17) is 16.6 Å². The van der Waals surface area contributed by atoms with Gasteiger partial charge < -0.3 is 15.0 Å². The molecule has 1 aromatic heterocycles. The van der Waals surface area contributed by atoms with Crippen LogP contribution in [0.1, 0.15) is 74.4 Å². The van der Waals surface area contributed by atoms with Crippen LogP contribution in [-0.2, 0) is 4.79 Å². The minimum absolute atomic E-state index is 0. The molecule has 0 saturated heterocycles. The Hall–Kier alpha value is -1.93. The van der Waals surface area contributed by atoms with Gasteiger partial charge in [0.2, 0.25) is 0 Å². The Bertz CT molecular complexity index is 1570. The average molecular weight is 628 g/mol. The second-order valence-corrected chi connectivity index (χ2v) is 13.6. The van der Waals surface area contributed by atoms with Crippen LogP contribution in [0.2, 0.25) is 5.02 Å². The standard InChI is InChI=1S/C35H37ClFNO3S.Na/c1-34(2,41)29-9-4-3-7-24(29)13-17-31(42-22-35(20-32(35)37)21-33(39)40)26-8-5-6-23(18-26)10-15-28-16-12-25-11-14-27(36)19-30(25)38-28;/h5-12,14-16,18-19,31-32,41H,3-4,13,17,20-22H2,1-2H3,(H,39,40);/q;+1/p-1/b15-10+;/t31-,32+,35+;/m1./s1. The minimum atomic E-state index is -1.20. The number of benzene rings is 2. The quantitative estimate of drug-likeness (QED) is 0.289. The van der Waals surface area contributed by atoms with E-state index in [1.165, 1.54) is 0 Å². The monoisotopic (exact) mass is 627 g/mol. The van der Waals surface area contributed by atoms with Gasteiger partial charge in [0, 0.05) is 32.8 Å². The molecule has 3 aromatic rings. The van der Waals surface area contributed by atoms with Gasteiger partial charge in [0.25, 0.3) is 0 Å². The Morgan fingerprint density at radius 1 is 1.19 bits per heavy atom. The van der Waals surface area contributed by atoms with E-state index in [2.05, 4.69) is 24.3 Å². The molecule has 8 heteroatoms. The molecule has 43 heavy (non-hydrogen) atoms. The summed E-state index contributed by atoms with van der Waals surface area (Å²) in [7, 11) is 0. The Morgan fingerprint density at radius 3 is 2.65 bits per heavy atom. The van der Waals surface area contributed by atoms with E-state index in [9.17, 15) is 19.4 Å². The Labute approximate surface area is 284 Å². The number of pyridine rings is 1. The SMILES string of the molecule is CC(C)(O)C1=CCCC=C1CC[C@@H](SC[C@@]1(CC(=O)[O-])C[C@@H]1F)c1cccc(/C=C/c2ccc3ccc(Cl)cc3n2)c1.[Na+]. The first-order valence-corrected chi connectivity index (χ1v) is 15.9. The van der Waals surface area contributed by atoms with Gasteiger partial charge in [-0.3, -0.25) is 0 Å². The number of fused-ring (bicyclic) bond motifs is 1. The third kappa shape index (κ3) is 8.84. The number of allylic oxidation sites excluding steroid dienone is 2. The van der Waals surface area contributed by atoms with Crippen LogP contribution in [0, 0.1) is 5.41 Å². The number of carbonyl (C=O) groups is 1. The van der Waals surface area contributed by atoms with Crippen molar-refractivity contribution in [3.05, 3.63) is 99.7 Å². The normalized spacial score (nSPS) is 20.8. The molecule has 2 aliphatic rings. The number of aliphatic carboxylic acids is 1. The van der Waals surface area contributed by atoms with Gasteiger partial charge in [0.05, 0.1) is 16.8 Å². The van der Waals surface area contributed by atoms with Crippen molar-refractivity contribution in [3.8, 4) is 0 Å². The summed E-state index contributed by atoms with van der Waals surface area (Å²) in [6, 6.07) is 17.9. The zero-order valence-electron chi connectivity index (χ0n) is 25.0. The van der Waals surface area contributed by atoms with Crippen LogP contribution in [0.3, 0.4) is 0 Å². The third-order valence-electron chi connectivity index (χ3n) is 8.15. The van der Waals surface area contributed by atoms with Crippen LogP contribution < -0.4 is 34.7 Å². The van der Waals surface area contributed by atoms with Crippen molar-refractivity contribution in [1.82, 2.24) is 4.98 Å². The van der Waals surface area contributed by atoms with Crippen molar-refractivity contribution in [2.75, 3.05) is 5.75 Å². The molecule has 220 valence electrons. The van der Waals surface area contributed by atoms with Gasteiger partial charge in [-0.15, -0.1) is 0 Å². The van der Waals surface area contributed by atoms with Gasteiger partial charge in [0.1, 0.15) is 6.17 Å². The first kappa shape index (κ1) is 34.0. The summed E-state index contributed by atoms with van der Waals surface area (Å²) in [5, 5.41) is 23.8. The van der Waals surface area contributed by atoms with Crippen LogP contribution in [0.25, 0.3) is 23.1 Å². The van der Waals surface area contributed by atoms with Crippen molar-refractivity contribution in [1.29, 1.82) is 0 Å². The summed E-state index contributed by atoms with van der Waals surface area (Å²) in [5.41, 5.74) is 4.13. The van der Waals surface area contributed by atoms with E-state index < -0.39 is 23.2 Å². The van der Waals surface area contributed by atoms with Gasteiger partial charge in [-0.25, -0.2) is 9.37 Å². The summed E-state index contributed by atoms with van der Waals surface area (Å²) in [4.78, 5) is 16.1. The van der Waals surface area contributed by atoms with Crippen LogP contribution >= 0.6 is 23.4 Å². The third-order valence-corrected chi connectivity index (χ3v) is 10.0. The van der Waals surface area contributed by atoms with E-state index >= 15 is 0 Å². The molecule has 4 nitrogen and oxygen atoms in total. The topological polar surface area (TPSA) is 73.2 Å². The molecule has 2 aliphatic carbocycles. The van der Waals surface area contributed by atoms with E-state index in [1.807, 2.05) is 68.5 Å². The summed E-state index contributed by atoms with van der Waals surface area (Å²) in [5.74, 6) is -0.778. The number of hydrogen-bond donors (Lipinski definition) is 1. The minimum Gasteiger partial charge on any atom is -0.550 e. The summed E-state index contributed by atoms with van der Waals surface area (Å²) < 4.78 is 14.4. The Balaban J connectivity index is 0.00000423. The summed E-state index contributed by atoms with van der Waals surface area (Å²) >= 11 is 7.78. The molecule has 0 aliphatic heterocycles. The maximum Gasteiger partial charge on any atom is 1.00 e. The number of rotatable bonds is 12. The molecule has 1 saturated carbocycles. The van der Waals surface area contributed by atoms with Crippen molar-refractivity contribution < 1.29 is 49.0 Å². The zero-order valence-corrected chi connectivity index (χ0v) is 28.6. The van der Waals surface area contributed by atoms with Gasteiger partial charge in [0.15, 0.2) is 0 Å². The summed E-state index contributed by atoms with van der Waals surface area (Å²) in [6.45, 7) is 3.63. The molecular weight excluding hydrogens is 592 g/mol. The fourth-order valence-corrected chi connectivity index (χ4v) is 7.44. The number of alkyl halides is 1. The zero-order chi connectivity index (χ0) is 29.9. The van der Waals surface area contributed by atoms with Crippen molar-refractivity contribution >= 4 is 52.4 Å². The van der Waals surface area contributed by atoms with Crippen molar-refractivity contribution in [2.24, 2.45) is 5.41 Å². The second kappa shape index (κ2) is 14.4. The van der Waals surface area contributed by atoms with Gasteiger partial charge in [-0.05, 0) is 98.9 Å². The van der Waals surface area contributed by atoms with Crippen LogP contribution in [-0.4, -0.2) is 33.6 Å². The molecule has 1 fully saturated rings. The predicted octanol–water partition coefficient (Wildman–Crippen LogP) is 4.90. The molecule has 1 N–H and O–H groups in total. The number of carboxylic acids is 1. The van der Waals surface area contributed by atoms with Crippen LogP contribution in [0.4, 0.5) is 4.39 Å². The molecule has 0 radical (unpaired) electrons. The molecule has 0 unspecified atom stereocenters. The maximum atomic E-state index is 14.4. The molecule has 3 atom stereocenters. The number of thioether (sulfide) groups is 1. The number of aromatic nitrogens is 1. The number of carbonyl (C=O) groups excluding carboxylic acids is 1. The van der Waals surface area contributed by atoms with E-state index in [1.54, 1.807) is 11.8 Å². The molecule has 5 rings (SSSR count). The number of halogens is 2. The first-order chi connectivity index (χ1) is 20.0. The molecule has 0 bridgehead atoms. The average Bonchev–Trinajstić information content (AvgIpc) is 3.58. The van der Waals surface area contributed by atoms with Crippen molar-refractivity contribution in [2.45, 2.75) is 69.4 Å². The predicted molar refractivity (Wildman–Crippen MR) is 170 cm³/mol. The van der Waals surface area contributed by atoms with Crippen LogP contribution in [0.5, 0.6) is 0 Å². The fraction of sp³-hybridized carbons (Fsp3) is 0.371. The molecule has 1 heterocycles. The fourth-order valence-electron chi connectivity index (χ4n) is 5.72. The summed E-state index contributed by atoms with van der Waals surface area (Å²) in [6.07, 6.45) is 10.7. The number of aliphatic hydroxyl groups is 1. The van der Waals surface area contributed by atoms with E-state index in [-0.39, 0.29) is 47.6 Å². The van der Waals surface area contributed by atoms with Gasteiger partial charge in [-0.2, -0.15) is 11.8 Å². The largest absolute Gasteiger partial charge is 1.00 e.